The number of rotatable bonds is 5. The standard InChI is InChI=1S/C18H21NO3/c1-19(2)18(16(20)17(21)22-3,14-10-6-4-7-11-14)15-12-8-5-9-13-15/h4-13,16,20H,1-3H3. The SMILES string of the molecule is COC(=O)C(O)C(c1ccccc1)(c1ccccc1)N(C)C. The van der Waals surface area contributed by atoms with E-state index in [0.717, 1.165) is 11.1 Å². The maximum Gasteiger partial charge on any atom is 0.337 e. The second-order valence-electron chi connectivity index (χ2n) is 5.32. The molecule has 22 heavy (non-hydrogen) atoms. The number of carbonyl (C=O) groups excluding carboxylic acids is 1. The minimum Gasteiger partial charge on any atom is -0.467 e. The Morgan fingerprint density at radius 1 is 1.00 bits per heavy atom. The van der Waals surface area contributed by atoms with Gasteiger partial charge in [0.15, 0.2) is 6.10 Å². The summed E-state index contributed by atoms with van der Waals surface area (Å²) in [6.45, 7) is 0. The molecule has 0 radical (unpaired) electrons. The van der Waals surface area contributed by atoms with Crippen LogP contribution in [0.1, 0.15) is 11.1 Å². The van der Waals surface area contributed by atoms with Crippen LogP contribution in [0.3, 0.4) is 0 Å². The maximum atomic E-state index is 12.1. The minimum atomic E-state index is -1.35. The molecule has 116 valence electrons. The van der Waals surface area contributed by atoms with Crippen molar-refractivity contribution in [3.8, 4) is 0 Å². The number of benzene rings is 2. The maximum absolute atomic E-state index is 12.1. The van der Waals surface area contributed by atoms with E-state index in [-0.39, 0.29) is 0 Å². The van der Waals surface area contributed by atoms with Crippen molar-refractivity contribution >= 4 is 5.97 Å². The van der Waals surface area contributed by atoms with Gasteiger partial charge in [0.25, 0.3) is 0 Å². The fourth-order valence-electron chi connectivity index (χ4n) is 2.91. The van der Waals surface area contributed by atoms with Gasteiger partial charge in [0, 0.05) is 0 Å². The molecule has 1 N–H and O–H groups in total. The Bertz CT molecular complexity index is 571. The van der Waals surface area contributed by atoms with Crippen LogP contribution in [0, 0.1) is 0 Å². The molecule has 0 aliphatic heterocycles. The number of aliphatic hydroxyl groups excluding tert-OH is 1. The number of esters is 1. The predicted molar refractivity (Wildman–Crippen MR) is 85.4 cm³/mol. The summed E-state index contributed by atoms with van der Waals surface area (Å²) in [7, 11) is 4.96. The number of hydrogen-bond donors (Lipinski definition) is 1. The van der Waals surface area contributed by atoms with Gasteiger partial charge < -0.3 is 9.84 Å². The van der Waals surface area contributed by atoms with Crippen LogP contribution in [-0.4, -0.2) is 43.3 Å². The lowest BCUT2D eigenvalue weighted by atomic mass is 9.77. The second-order valence-corrected chi connectivity index (χ2v) is 5.32. The van der Waals surface area contributed by atoms with Crippen LogP contribution < -0.4 is 0 Å². The van der Waals surface area contributed by atoms with Gasteiger partial charge in [-0.05, 0) is 25.2 Å². The number of aliphatic hydroxyl groups is 1. The molecule has 0 saturated carbocycles. The Morgan fingerprint density at radius 2 is 1.41 bits per heavy atom. The molecule has 0 bridgehead atoms. The third-order valence-corrected chi connectivity index (χ3v) is 3.95. The number of likely N-dealkylation sites (N-methyl/N-ethyl adjacent to an activating group) is 1. The predicted octanol–water partition coefficient (Wildman–Crippen LogP) is 2.03. The molecule has 4 heteroatoms. The Kier molecular flexibility index (Phi) is 4.96. The van der Waals surface area contributed by atoms with Crippen LogP contribution in [0.25, 0.3) is 0 Å². The molecule has 4 nitrogen and oxygen atoms in total. The zero-order chi connectivity index (χ0) is 16.2. The summed E-state index contributed by atoms with van der Waals surface area (Å²) in [5.41, 5.74) is 0.628. The molecule has 0 amide bonds. The first-order valence-corrected chi connectivity index (χ1v) is 7.09. The highest BCUT2D eigenvalue weighted by molar-refractivity contribution is 5.78. The van der Waals surface area contributed by atoms with Gasteiger partial charge in [-0.25, -0.2) is 4.79 Å². The molecule has 0 fully saturated rings. The summed E-state index contributed by atoms with van der Waals surface area (Å²) >= 11 is 0. The third kappa shape index (κ3) is 2.63. The normalized spacial score (nSPS) is 13.0. The molecule has 0 saturated heterocycles. The van der Waals surface area contributed by atoms with E-state index in [0.29, 0.717) is 0 Å². The highest BCUT2D eigenvalue weighted by atomic mass is 16.5. The Labute approximate surface area is 131 Å². The van der Waals surface area contributed by atoms with Gasteiger partial charge >= 0.3 is 5.97 Å². The van der Waals surface area contributed by atoms with Crippen molar-refractivity contribution in [1.29, 1.82) is 0 Å². The lowest BCUT2D eigenvalue weighted by Crippen LogP contribution is -2.55. The molecule has 0 aromatic heterocycles. The van der Waals surface area contributed by atoms with Crippen molar-refractivity contribution in [3.63, 3.8) is 0 Å². The van der Waals surface area contributed by atoms with E-state index in [4.69, 9.17) is 4.74 Å². The molecule has 0 aliphatic rings. The summed E-state index contributed by atoms with van der Waals surface area (Å²) in [6, 6.07) is 19.0. The second kappa shape index (κ2) is 6.73. The van der Waals surface area contributed by atoms with E-state index in [1.807, 2.05) is 79.7 Å². The Hall–Kier alpha value is -2.17. The van der Waals surface area contributed by atoms with Crippen LogP contribution >= 0.6 is 0 Å². The fraction of sp³-hybridized carbons (Fsp3) is 0.278. The van der Waals surface area contributed by atoms with Gasteiger partial charge in [0.1, 0.15) is 5.54 Å². The van der Waals surface area contributed by atoms with Crippen LogP contribution in [0.5, 0.6) is 0 Å². The molecule has 1 unspecified atom stereocenters. The number of nitrogens with zero attached hydrogens (tertiary/aromatic N) is 1. The minimum absolute atomic E-state index is 0.665. The molecule has 0 heterocycles. The first kappa shape index (κ1) is 16.2. The summed E-state index contributed by atoms with van der Waals surface area (Å²) in [5, 5.41) is 10.8. The average molecular weight is 299 g/mol. The largest absolute Gasteiger partial charge is 0.467 e. The van der Waals surface area contributed by atoms with Crippen molar-refractivity contribution in [2.75, 3.05) is 21.2 Å². The summed E-state index contributed by atoms with van der Waals surface area (Å²) in [6.07, 6.45) is -1.35. The lowest BCUT2D eigenvalue weighted by Gasteiger charge is -2.43. The number of ether oxygens (including phenoxy) is 1. The van der Waals surface area contributed by atoms with Crippen molar-refractivity contribution in [2.45, 2.75) is 11.6 Å². The fourth-order valence-corrected chi connectivity index (χ4v) is 2.91. The molecule has 1 atom stereocenters. The Balaban J connectivity index is 2.74. The monoisotopic (exact) mass is 299 g/mol. The molecule has 2 aromatic carbocycles. The molecule has 2 aromatic rings. The van der Waals surface area contributed by atoms with Gasteiger partial charge in [-0.3, -0.25) is 4.90 Å². The smallest absolute Gasteiger partial charge is 0.337 e. The molecule has 0 aliphatic carbocycles. The van der Waals surface area contributed by atoms with E-state index in [9.17, 15) is 9.90 Å². The van der Waals surface area contributed by atoms with Gasteiger partial charge in [-0.15, -0.1) is 0 Å². The zero-order valence-corrected chi connectivity index (χ0v) is 13.1. The van der Waals surface area contributed by atoms with Crippen molar-refractivity contribution in [3.05, 3.63) is 71.8 Å². The lowest BCUT2D eigenvalue weighted by molar-refractivity contribution is -0.157. The number of hydrogen-bond acceptors (Lipinski definition) is 4. The van der Waals surface area contributed by atoms with E-state index >= 15 is 0 Å². The summed E-state index contributed by atoms with van der Waals surface area (Å²) < 4.78 is 4.80. The van der Waals surface area contributed by atoms with Gasteiger partial charge in [-0.1, -0.05) is 60.7 Å². The molecule has 2 rings (SSSR count). The van der Waals surface area contributed by atoms with Crippen LogP contribution in [0.4, 0.5) is 0 Å². The topological polar surface area (TPSA) is 49.8 Å². The van der Waals surface area contributed by atoms with Crippen molar-refractivity contribution in [2.24, 2.45) is 0 Å². The first-order chi connectivity index (χ1) is 10.5. The van der Waals surface area contributed by atoms with Crippen molar-refractivity contribution < 1.29 is 14.6 Å². The average Bonchev–Trinajstić information content (AvgIpc) is 2.56. The number of carbonyl (C=O) groups is 1. The molecular weight excluding hydrogens is 278 g/mol. The Morgan fingerprint density at radius 3 is 1.73 bits per heavy atom. The van der Waals surface area contributed by atoms with Crippen LogP contribution in [0.2, 0.25) is 0 Å². The summed E-state index contributed by atoms with van der Waals surface area (Å²) in [5.74, 6) is -0.665. The number of methoxy groups -OCH3 is 1. The van der Waals surface area contributed by atoms with Gasteiger partial charge in [0.05, 0.1) is 7.11 Å². The van der Waals surface area contributed by atoms with Crippen molar-refractivity contribution in [1.82, 2.24) is 4.90 Å². The van der Waals surface area contributed by atoms with Gasteiger partial charge in [0.2, 0.25) is 0 Å². The molecular formula is C18H21NO3. The van der Waals surface area contributed by atoms with E-state index < -0.39 is 17.6 Å². The first-order valence-electron chi connectivity index (χ1n) is 7.09. The highest BCUT2D eigenvalue weighted by Crippen LogP contribution is 2.38. The van der Waals surface area contributed by atoms with Gasteiger partial charge in [-0.2, -0.15) is 0 Å². The zero-order valence-electron chi connectivity index (χ0n) is 13.1. The summed E-state index contributed by atoms with van der Waals surface area (Å²) in [4.78, 5) is 14.0. The van der Waals surface area contributed by atoms with Crippen LogP contribution in [0.15, 0.2) is 60.7 Å². The van der Waals surface area contributed by atoms with E-state index in [1.54, 1.807) is 0 Å². The van der Waals surface area contributed by atoms with Crippen LogP contribution in [-0.2, 0) is 15.1 Å². The molecule has 0 spiro atoms. The van der Waals surface area contributed by atoms with E-state index in [2.05, 4.69) is 0 Å². The highest BCUT2D eigenvalue weighted by Gasteiger charge is 2.47. The van der Waals surface area contributed by atoms with E-state index in [1.165, 1.54) is 7.11 Å². The quantitative estimate of drug-likeness (QED) is 0.858. The third-order valence-electron chi connectivity index (χ3n) is 3.95.